The molecule has 1 saturated heterocycles. The van der Waals surface area contributed by atoms with Gasteiger partial charge in [-0.1, -0.05) is 23.7 Å². The fourth-order valence-electron chi connectivity index (χ4n) is 1.64. The van der Waals surface area contributed by atoms with Gasteiger partial charge in [0.15, 0.2) is 5.60 Å². The van der Waals surface area contributed by atoms with E-state index in [2.05, 4.69) is 0 Å². The standard InChI is InChI=1S/C11H9ClO4/c1-11(6-2-4-7(12)5-3-6)9(14)8(13)10(15)16-11/h2-5,8,13H,1H3. The Morgan fingerprint density at radius 3 is 2.31 bits per heavy atom. The zero-order valence-corrected chi connectivity index (χ0v) is 9.19. The monoisotopic (exact) mass is 240 g/mol. The van der Waals surface area contributed by atoms with Crippen molar-refractivity contribution in [2.75, 3.05) is 0 Å². The SMILES string of the molecule is CC1(c2ccc(Cl)cc2)OC(=O)C(O)C1=O. The van der Waals surface area contributed by atoms with Crippen molar-refractivity contribution in [3.8, 4) is 0 Å². The number of hydrogen-bond donors (Lipinski definition) is 1. The number of halogens is 1. The Labute approximate surface area is 96.8 Å². The van der Waals surface area contributed by atoms with Crippen LogP contribution in [0.5, 0.6) is 0 Å². The second kappa shape index (κ2) is 3.57. The van der Waals surface area contributed by atoms with Crippen LogP contribution in [0.3, 0.4) is 0 Å². The van der Waals surface area contributed by atoms with Gasteiger partial charge >= 0.3 is 5.97 Å². The first-order valence-electron chi connectivity index (χ1n) is 4.66. The Kier molecular flexibility index (Phi) is 2.48. The first-order valence-corrected chi connectivity index (χ1v) is 5.04. The predicted octanol–water partition coefficient (Wildman–Crippen LogP) is 1.04. The summed E-state index contributed by atoms with van der Waals surface area (Å²) in [6.45, 7) is 1.45. The average Bonchev–Trinajstić information content (AvgIpc) is 2.45. The molecule has 1 aromatic rings. The summed E-state index contributed by atoms with van der Waals surface area (Å²) >= 11 is 5.72. The number of carbonyl (C=O) groups is 2. The molecular weight excluding hydrogens is 232 g/mol. The van der Waals surface area contributed by atoms with Gasteiger partial charge in [-0.05, 0) is 19.1 Å². The fourth-order valence-corrected chi connectivity index (χ4v) is 1.77. The van der Waals surface area contributed by atoms with Gasteiger partial charge in [-0.25, -0.2) is 4.79 Å². The minimum absolute atomic E-state index is 0.492. The molecule has 1 aliphatic heterocycles. The third kappa shape index (κ3) is 1.50. The van der Waals surface area contributed by atoms with Crippen molar-refractivity contribution in [1.29, 1.82) is 0 Å². The largest absolute Gasteiger partial charge is 0.444 e. The summed E-state index contributed by atoms with van der Waals surface area (Å²) in [4.78, 5) is 22.8. The molecule has 0 aliphatic carbocycles. The summed E-state index contributed by atoms with van der Waals surface area (Å²) in [5.41, 5.74) is -0.923. The van der Waals surface area contributed by atoms with Crippen molar-refractivity contribution < 1.29 is 19.4 Å². The molecule has 2 unspecified atom stereocenters. The van der Waals surface area contributed by atoms with Crippen molar-refractivity contribution in [1.82, 2.24) is 0 Å². The highest BCUT2D eigenvalue weighted by Gasteiger charge is 2.52. The first-order chi connectivity index (χ1) is 7.45. The van der Waals surface area contributed by atoms with Crippen LogP contribution >= 0.6 is 11.6 Å². The van der Waals surface area contributed by atoms with Gasteiger partial charge in [0.05, 0.1) is 0 Å². The van der Waals surface area contributed by atoms with E-state index < -0.39 is 23.5 Å². The molecule has 84 valence electrons. The van der Waals surface area contributed by atoms with E-state index in [-0.39, 0.29) is 0 Å². The van der Waals surface area contributed by atoms with Gasteiger partial charge in [0.2, 0.25) is 11.9 Å². The second-order valence-corrected chi connectivity index (χ2v) is 4.16. The normalized spacial score (nSPS) is 29.3. The van der Waals surface area contributed by atoms with Crippen molar-refractivity contribution in [3.05, 3.63) is 34.9 Å². The molecule has 16 heavy (non-hydrogen) atoms. The van der Waals surface area contributed by atoms with Gasteiger partial charge in [0.1, 0.15) is 0 Å². The lowest BCUT2D eigenvalue weighted by atomic mass is 9.91. The number of esters is 1. The van der Waals surface area contributed by atoms with Crippen molar-refractivity contribution in [3.63, 3.8) is 0 Å². The lowest BCUT2D eigenvalue weighted by Crippen LogP contribution is -2.33. The quantitative estimate of drug-likeness (QED) is 0.589. The first kappa shape index (κ1) is 11.1. The number of hydrogen-bond acceptors (Lipinski definition) is 4. The molecule has 2 rings (SSSR count). The average molecular weight is 241 g/mol. The molecule has 0 spiro atoms. The van der Waals surface area contributed by atoms with E-state index in [0.29, 0.717) is 10.6 Å². The van der Waals surface area contributed by atoms with Crippen LogP contribution in [-0.2, 0) is 19.9 Å². The van der Waals surface area contributed by atoms with E-state index in [1.165, 1.54) is 6.92 Å². The number of ether oxygens (including phenoxy) is 1. The zero-order chi connectivity index (χ0) is 11.9. The van der Waals surface area contributed by atoms with E-state index in [0.717, 1.165) is 0 Å². The summed E-state index contributed by atoms with van der Waals surface area (Å²) in [6, 6.07) is 6.36. The predicted molar refractivity (Wildman–Crippen MR) is 55.9 cm³/mol. The van der Waals surface area contributed by atoms with Crippen LogP contribution in [0, 0.1) is 0 Å². The van der Waals surface area contributed by atoms with E-state index in [4.69, 9.17) is 16.3 Å². The topological polar surface area (TPSA) is 63.6 Å². The number of cyclic esters (lactones) is 1. The van der Waals surface area contributed by atoms with Gasteiger partial charge in [0, 0.05) is 10.6 Å². The molecule has 0 saturated carbocycles. The summed E-state index contributed by atoms with van der Waals surface area (Å²) < 4.78 is 4.92. The van der Waals surface area contributed by atoms with Gasteiger partial charge < -0.3 is 9.84 Å². The molecule has 1 heterocycles. The minimum atomic E-state index is -1.69. The molecule has 5 heteroatoms. The Bertz CT molecular complexity index is 454. The number of aliphatic hydroxyl groups is 1. The highest BCUT2D eigenvalue weighted by Crippen LogP contribution is 2.34. The van der Waals surface area contributed by atoms with Crippen LogP contribution in [-0.4, -0.2) is 23.0 Å². The molecule has 1 fully saturated rings. The molecular formula is C11H9ClO4. The Hall–Kier alpha value is -1.39. The molecule has 0 radical (unpaired) electrons. The second-order valence-electron chi connectivity index (χ2n) is 3.73. The maximum atomic E-state index is 11.7. The van der Waals surface area contributed by atoms with E-state index in [9.17, 15) is 14.7 Å². The van der Waals surface area contributed by atoms with E-state index in [1.807, 2.05) is 0 Å². The highest BCUT2D eigenvalue weighted by atomic mass is 35.5. The highest BCUT2D eigenvalue weighted by molar-refractivity contribution is 6.30. The molecule has 1 aliphatic rings. The van der Waals surface area contributed by atoms with Gasteiger partial charge in [-0.15, -0.1) is 0 Å². The molecule has 1 aromatic carbocycles. The van der Waals surface area contributed by atoms with Crippen LogP contribution in [0.25, 0.3) is 0 Å². The maximum Gasteiger partial charge on any atom is 0.344 e. The van der Waals surface area contributed by atoms with Crippen molar-refractivity contribution in [2.24, 2.45) is 0 Å². The summed E-state index contributed by atoms with van der Waals surface area (Å²) in [5.74, 6) is -1.57. The van der Waals surface area contributed by atoms with Gasteiger partial charge in [0.25, 0.3) is 0 Å². The molecule has 0 aromatic heterocycles. The van der Waals surface area contributed by atoms with Crippen molar-refractivity contribution in [2.45, 2.75) is 18.6 Å². The van der Waals surface area contributed by atoms with E-state index in [1.54, 1.807) is 24.3 Å². The van der Waals surface area contributed by atoms with Gasteiger partial charge in [-0.3, -0.25) is 4.79 Å². The van der Waals surface area contributed by atoms with E-state index >= 15 is 0 Å². The lowest BCUT2D eigenvalue weighted by molar-refractivity contribution is -0.153. The summed E-state index contributed by atoms with van der Waals surface area (Å²) in [7, 11) is 0. The third-order valence-corrected chi connectivity index (χ3v) is 2.89. The van der Waals surface area contributed by atoms with Crippen LogP contribution in [0.1, 0.15) is 12.5 Å². The molecule has 1 N–H and O–H groups in total. The van der Waals surface area contributed by atoms with Crippen LogP contribution in [0.15, 0.2) is 24.3 Å². The van der Waals surface area contributed by atoms with Gasteiger partial charge in [-0.2, -0.15) is 0 Å². The summed E-state index contributed by atoms with van der Waals surface area (Å²) in [5, 5.41) is 9.79. The smallest absolute Gasteiger partial charge is 0.344 e. The van der Waals surface area contributed by atoms with Crippen molar-refractivity contribution >= 4 is 23.4 Å². The number of rotatable bonds is 1. The number of carbonyl (C=O) groups excluding carboxylic acids is 2. The maximum absolute atomic E-state index is 11.7. The molecule has 0 amide bonds. The minimum Gasteiger partial charge on any atom is -0.444 e. The van der Waals surface area contributed by atoms with Crippen LogP contribution < -0.4 is 0 Å². The third-order valence-electron chi connectivity index (χ3n) is 2.64. The Morgan fingerprint density at radius 1 is 1.31 bits per heavy atom. The number of ketones is 1. The zero-order valence-electron chi connectivity index (χ0n) is 8.44. The fraction of sp³-hybridized carbons (Fsp3) is 0.273. The Balaban J connectivity index is 2.44. The number of benzene rings is 1. The van der Waals surface area contributed by atoms with Crippen LogP contribution in [0.2, 0.25) is 5.02 Å². The molecule has 0 bridgehead atoms. The summed E-state index contributed by atoms with van der Waals surface area (Å²) in [6.07, 6.45) is -1.69. The lowest BCUT2D eigenvalue weighted by Gasteiger charge is -2.20. The number of aliphatic hydroxyl groups excluding tert-OH is 1. The Morgan fingerprint density at radius 2 is 1.88 bits per heavy atom. The molecule has 4 nitrogen and oxygen atoms in total. The molecule has 2 atom stereocenters. The number of Topliss-reactive ketones (excluding diaryl/α,β-unsaturated/α-hetero) is 1. The van der Waals surface area contributed by atoms with Crippen LogP contribution in [0.4, 0.5) is 0 Å².